The Morgan fingerprint density at radius 3 is 2.52 bits per heavy atom. The molecule has 3 fully saturated rings. The highest BCUT2D eigenvalue weighted by Crippen LogP contribution is 2.56. The van der Waals surface area contributed by atoms with Gasteiger partial charge in [-0.3, -0.25) is 4.79 Å². The molecule has 7 nitrogen and oxygen atoms in total. The van der Waals surface area contributed by atoms with Crippen molar-refractivity contribution in [3.05, 3.63) is 40.9 Å². The molecule has 1 aliphatic heterocycles. The Bertz CT molecular complexity index is 1130. The summed E-state index contributed by atoms with van der Waals surface area (Å²) in [7, 11) is -3.28. The molecule has 1 aromatic carbocycles. The molecule has 2 saturated carbocycles. The van der Waals surface area contributed by atoms with Crippen molar-refractivity contribution in [2.45, 2.75) is 62.2 Å². The summed E-state index contributed by atoms with van der Waals surface area (Å²) in [5.74, 6) is 1.11. The largest absolute Gasteiger partial charge is 0.347 e. The third-order valence-electron chi connectivity index (χ3n) is 7.03. The number of thiazole rings is 1. The molecule has 9 heteroatoms. The monoisotopic (exact) mass is 490 g/mol. The van der Waals surface area contributed by atoms with E-state index in [1.807, 2.05) is 19.2 Å². The van der Waals surface area contributed by atoms with E-state index in [1.165, 1.54) is 36.9 Å². The van der Waals surface area contributed by atoms with E-state index < -0.39 is 15.6 Å². The topological polar surface area (TPSA) is 94.6 Å². The number of hydrogen-bond donors (Lipinski definition) is 1. The second-order valence-corrected chi connectivity index (χ2v) is 13.0. The molecule has 1 amide bonds. The molecule has 1 N–H and O–H groups in total. The zero-order valence-electron chi connectivity index (χ0n) is 19.1. The second kappa shape index (κ2) is 8.45. The Morgan fingerprint density at radius 2 is 1.91 bits per heavy atom. The van der Waals surface area contributed by atoms with E-state index in [2.05, 4.69) is 10.3 Å². The summed E-state index contributed by atoms with van der Waals surface area (Å²) in [6.45, 7) is 4.17. The van der Waals surface area contributed by atoms with Crippen LogP contribution in [0, 0.1) is 17.8 Å². The maximum atomic E-state index is 13.4. The van der Waals surface area contributed by atoms with E-state index >= 15 is 0 Å². The molecule has 3 aliphatic rings. The van der Waals surface area contributed by atoms with Crippen LogP contribution in [0.4, 0.5) is 5.13 Å². The first-order valence-corrected chi connectivity index (χ1v) is 14.2. The number of aromatic nitrogens is 1. The normalized spacial score (nSPS) is 28.9. The number of benzene rings is 1. The quantitative estimate of drug-likeness (QED) is 0.613. The Morgan fingerprint density at radius 1 is 1.21 bits per heavy atom. The number of anilines is 1. The predicted molar refractivity (Wildman–Crippen MR) is 126 cm³/mol. The first kappa shape index (κ1) is 23.0. The van der Waals surface area contributed by atoms with Crippen LogP contribution in [0.1, 0.15) is 62.8 Å². The molecule has 4 unspecified atom stereocenters. The van der Waals surface area contributed by atoms with Gasteiger partial charge >= 0.3 is 0 Å². The van der Waals surface area contributed by atoms with Crippen molar-refractivity contribution in [2.75, 3.05) is 18.2 Å². The third kappa shape index (κ3) is 5.16. The molecule has 33 heavy (non-hydrogen) atoms. The van der Waals surface area contributed by atoms with Gasteiger partial charge in [0.1, 0.15) is 6.10 Å². The molecule has 2 heterocycles. The van der Waals surface area contributed by atoms with Gasteiger partial charge in [0.05, 0.1) is 23.1 Å². The number of ether oxygens (including phenoxy) is 2. The van der Waals surface area contributed by atoms with Crippen molar-refractivity contribution < 1.29 is 22.7 Å². The van der Waals surface area contributed by atoms with E-state index in [0.29, 0.717) is 17.7 Å². The van der Waals surface area contributed by atoms with E-state index in [0.717, 1.165) is 29.5 Å². The van der Waals surface area contributed by atoms with Crippen LogP contribution < -0.4 is 5.32 Å². The Kier molecular flexibility index (Phi) is 5.87. The number of carbonyl (C=O) groups excluding carboxylic acids is 1. The lowest BCUT2D eigenvalue weighted by Gasteiger charge is -2.21. The van der Waals surface area contributed by atoms with Crippen LogP contribution in [0.5, 0.6) is 0 Å². The molecule has 0 bridgehead atoms. The summed E-state index contributed by atoms with van der Waals surface area (Å²) in [6.07, 6.45) is 5.42. The summed E-state index contributed by atoms with van der Waals surface area (Å²) < 4.78 is 35.2. The number of nitrogens with one attached hydrogen (secondary N) is 1. The smallest absolute Gasteiger partial charge is 0.233 e. The summed E-state index contributed by atoms with van der Waals surface area (Å²) >= 11 is 1.38. The van der Waals surface area contributed by atoms with Gasteiger partial charge < -0.3 is 14.8 Å². The van der Waals surface area contributed by atoms with Crippen LogP contribution in [0.3, 0.4) is 0 Å². The highest BCUT2D eigenvalue weighted by atomic mass is 32.2. The van der Waals surface area contributed by atoms with Crippen LogP contribution in [-0.2, 0) is 24.1 Å². The fourth-order valence-corrected chi connectivity index (χ4v) is 6.61. The molecule has 1 aromatic heterocycles. The number of nitrogens with zero attached hydrogens (tertiary/aromatic N) is 1. The maximum Gasteiger partial charge on any atom is 0.233 e. The molecular formula is C24H30N2O5S2. The molecular weight excluding hydrogens is 460 g/mol. The predicted octanol–water partition coefficient (Wildman–Crippen LogP) is 4.53. The van der Waals surface area contributed by atoms with Crippen molar-refractivity contribution >= 4 is 32.2 Å². The molecule has 1 saturated heterocycles. The highest BCUT2D eigenvalue weighted by Gasteiger charge is 2.46. The van der Waals surface area contributed by atoms with Crippen LogP contribution in [0.15, 0.2) is 34.5 Å². The minimum atomic E-state index is -3.28. The average Bonchev–Trinajstić information content (AvgIpc) is 3.10. The summed E-state index contributed by atoms with van der Waals surface area (Å²) in [4.78, 5) is 18.2. The standard InChI is InChI=1S/C24H30N2O5S2/c1-24(2)30-12-21(31-24)20-13-32-23(25-20)26-22(27)19(10-14-8-16-11-17(16)9-14)15-4-6-18(7-5-15)33(3,28)29/h4-7,13-14,16-17,19,21H,8-12H2,1-3H3,(H,25,26,27). The zero-order valence-corrected chi connectivity index (χ0v) is 20.7. The van der Waals surface area contributed by atoms with Gasteiger partial charge in [-0.25, -0.2) is 13.4 Å². The molecule has 0 spiro atoms. The van der Waals surface area contributed by atoms with Crippen LogP contribution >= 0.6 is 11.3 Å². The van der Waals surface area contributed by atoms with Crippen molar-refractivity contribution in [1.29, 1.82) is 0 Å². The third-order valence-corrected chi connectivity index (χ3v) is 8.93. The van der Waals surface area contributed by atoms with Crippen LogP contribution in [-0.4, -0.2) is 38.0 Å². The SMILES string of the molecule is CC1(C)OCC(c2csc(NC(=O)C(CC3CC4CC4C3)c3ccc(S(C)(=O)=O)cc3)n2)O1. The lowest BCUT2D eigenvalue weighted by molar-refractivity contribution is -0.139. The molecule has 2 aromatic rings. The second-order valence-electron chi connectivity index (χ2n) is 10.1. The number of carbonyl (C=O) groups is 1. The number of rotatable bonds is 7. The van der Waals surface area contributed by atoms with Crippen LogP contribution in [0.25, 0.3) is 0 Å². The number of amides is 1. The van der Waals surface area contributed by atoms with E-state index in [9.17, 15) is 13.2 Å². The lowest BCUT2D eigenvalue weighted by atomic mass is 9.86. The van der Waals surface area contributed by atoms with Gasteiger partial charge in [0.15, 0.2) is 20.8 Å². The molecule has 5 rings (SSSR count). The number of fused-ring (bicyclic) bond motifs is 1. The Balaban J connectivity index is 1.32. The summed E-state index contributed by atoms with van der Waals surface area (Å²) in [6, 6.07) is 6.74. The Hall–Kier alpha value is -1.81. The van der Waals surface area contributed by atoms with Gasteiger partial charge in [0.25, 0.3) is 0 Å². The number of sulfone groups is 1. The molecule has 2 aliphatic carbocycles. The lowest BCUT2D eigenvalue weighted by Crippen LogP contribution is -2.23. The fraction of sp³-hybridized carbons (Fsp3) is 0.583. The maximum absolute atomic E-state index is 13.4. The van der Waals surface area contributed by atoms with Crippen molar-refractivity contribution in [3.63, 3.8) is 0 Å². The minimum absolute atomic E-state index is 0.104. The highest BCUT2D eigenvalue weighted by molar-refractivity contribution is 7.90. The fourth-order valence-electron chi connectivity index (χ4n) is 5.22. The van der Waals surface area contributed by atoms with E-state index in [4.69, 9.17) is 9.47 Å². The van der Waals surface area contributed by atoms with Crippen LogP contribution in [0.2, 0.25) is 0 Å². The first-order valence-electron chi connectivity index (χ1n) is 11.5. The minimum Gasteiger partial charge on any atom is -0.347 e. The van der Waals surface area contributed by atoms with Gasteiger partial charge in [0, 0.05) is 11.6 Å². The van der Waals surface area contributed by atoms with Gasteiger partial charge in [-0.2, -0.15) is 0 Å². The van der Waals surface area contributed by atoms with Gasteiger partial charge in [-0.15, -0.1) is 11.3 Å². The molecule has 0 radical (unpaired) electrons. The Labute approximate surface area is 198 Å². The number of hydrogen-bond acceptors (Lipinski definition) is 7. The first-order chi connectivity index (χ1) is 15.6. The van der Waals surface area contributed by atoms with Crippen molar-refractivity contribution in [1.82, 2.24) is 4.98 Å². The van der Waals surface area contributed by atoms with E-state index in [-0.39, 0.29) is 22.8 Å². The van der Waals surface area contributed by atoms with E-state index in [1.54, 1.807) is 24.3 Å². The average molecular weight is 491 g/mol. The molecule has 178 valence electrons. The molecule has 4 atom stereocenters. The van der Waals surface area contributed by atoms with Gasteiger partial charge in [0.2, 0.25) is 5.91 Å². The van der Waals surface area contributed by atoms with Gasteiger partial charge in [-0.05, 0) is 75.0 Å². The zero-order chi connectivity index (χ0) is 23.4. The summed E-state index contributed by atoms with van der Waals surface area (Å²) in [5, 5.41) is 5.43. The van der Waals surface area contributed by atoms with Crippen molar-refractivity contribution in [2.24, 2.45) is 17.8 Å². The van der Waals surface area contributed by atoms with Gasteiger partial charge in [-0.1, -0.05) is 12.1 Å². The van der Waals surface area contributed by atoms with Crippen molar-refractivity contribution in [3.8, 4) is 0 Å². The summed E-state index contributed by atoms with van der Waals surface area (Å²) in [5.41, 5.74) is 1.59.